The van der Waals surface area contributed by atoms with Crippen molar-refractivity contribution in [2.45, 2.75) is 25.7 Å². The van der Waals surface area contributed by atoms with E-state index in [2.05, 4.69) is 59.5 Å². The number of rotatable bonds is 3. The molecule has 0 N–H and O–H groups in total. The van der Waals surface area contributed by atoms with Crippen LogP contribution >= 0.6 is 0 Å². The van der Waals surface area contributed by atoms with E-state index in [-0.39, 0.29) is 0 Å². The number of nitrogens with zero attached hydrogens (tertiary/aromatic N) is 1. The fourth-order valence-electron chi connectivity index (χ4n) is 3.45. The van der Waals surface area contributed by atoms with Crippen LogP contribution in [0.5, 0.6) is 0 Å². The van der Waals surface area contributed by atoms with Gasteiger partial charge in [-0.1, -0.05) is 42.5 Å². The smallest absolute Gasteiger partial charge is 0.136 e. The molecule has 0 atom stereocenters. The van der Waals surface area contributed by atoms with Gasteiger partial charge in [-0.3, -0.25) is 0 Å². The molecule has 4 rings (SSSR count). The van der Waals surface area contributed by atoms with Crippen LogP contribution in [0, 0.1) is 0 Å². The number of fused-ring (bicyclic) bond motifs is 1. The first kappa shape index (κ1) is 13.4. The van der Waals surface area contributed by atoms with E-state index >= 15 is 0 Å². The normalized spacial score (nSPS) is 15.4. The van der Waals surface area contributed by atoms with E-state index in [1.165, 1.54) is 35.9 Å². The van der Waals surface area contributed by atoms with Gasteiger partial charge in [0.2, 0.25) is 0 Å². The lowest BCUT2D eigenvalue weighted by Gasteiger charge is -2.28. The number of anilines is 1. The lowest BCUT2D eigenvalue weighted by atomic mass is 10.1. The summed E-state index contributed by atoms with van der Waals surface area (Å²) in [5.41, 5.74) is 3.63. The third-order valence-electron chi connectivity index (χ3n) is 4.52. The summed E-state index contributed by atoms with van der Waals surface area (Å²) in [4.78, 5) is 2.52. The number of hydrogen-bond acceptors (Lipinski definition) is 2. The van der Waals surface area contributed by atoms with E-state index in [0.29, 0.717) is 0 Å². The molecule has 2 heteroatoms. The molecule has 0 bridgehead atoms. The van der Waals surface area contributed by atoms with Gasteiger partial charge in [-0.15, -0.1) is 0 Å². The maximum absolute atomic E-state index is 6.21. The highest BCUT2D eigenvalue weighted by Gasteiger charge is 2.21. The van der Waals surface area contributed by atoms with Crippen molar-refractivity contribution in [3.05, 3.63) is 65.9 Å². The van der Waals surface area contributed by atoms with Crippen LogP contribution in [-0.2, 0) is 6.42 Å². The zero-order valence-electron chi connectivity index (χ0n) is 12.8. The molecular weight excluding hydrogens is 270 g/mol. The lowest BCUT2D eigenvalue weighted by Crippen LogP contribution is -2.29. The Bertz CT molecular complexity index is 754. The molecular formula is C20H21NO. The van der Waals surface area contributed by atoms with Gasteiger partial charge in [0.05, 0.1) is 5.69 Å². The van der Waals surface area contributed by atoms with E-state index in [1.807, 2.05) is 0 Å². The van der Waals surface area contributed by atoms with E-state index in [0.717, 1.165) is 30.9 Å². The minimum absolute atomic E-state index is 0.862. The van der Waals surface area contributed by atoms with Crippen molar-refractivity contribution in [1.29, 1.82) is 0 Å². The summed E-state index contributed by atoms with van der Waals surface area (Å²) in [7, 11) is 0. The molecule has 2 aromatic carbocycles. The highest BCUT2D eigenvalue weighted by atomic mass is 16.3. The molecule has 22 heavy (non-hydrogen) atoms. The summed E-state index contributed by atoms with van der Waals surface area (Å²) < 4.78 is 6.21. The van der Waals surface area contributed by atoms with Crippen LogP contribution in [-0.4, -0.2) is 13.1 Å². The molecule has 1 aliphatic rings. The molecule has 0 unspecified atom stereocenters. The SMILES string of the molecule is c1ccc(Cc2oc3ccccc3c2N2CCCCC2)cc1. The van der Waals surface area contributed by atoms with Gasteiger partial charge in [0.1, 0.15) is 11.3 Å². The minimum Gasteiger partial charge on any atom is -0.458 e. The molecule has 1 aliphatic heterocycles. The lowest BCUT2D eigenvalue weighted by molar-refractivity contribution is 0.544. The van der Waals surface area contributed by atoms with Crippen molar-refractivity contribution in [3.8, 4) is 0 Å². The van der Waals surface area contributed by atoms with Gasteiger partial charge in [-0.25, -0.2) is 0 Å². The van der Waals surface area contributed by atoms with Crippen molar-refractivity contribution in [1.82, 2.24) is 0 Å². The number of benzene rings is 2. The van der Waals surface area contributed by atoms with Crippen LogP contribution < -0.4 is 4.90 Å². The molecule has 0 amide bonds. The molecule has 2 heterocycles. The van der Waals surface area contributed by atoms with Crippen molar-refractivity contribution in [3.63, 3.8) is 0 Å². The minimum atomic E-state index is 0.862. The molecule has 1 aromatic heterocycles. The van der Waals surface area contributed by atoms with Crippen molar-refractivity contribution in [2.24, 2.45) is 0 Å². The fraction of sp³-hybridized carbons (Fsp3) is 0.300. The Morgan fingerprint density at radius 1 is 0.818 bits per heavy atom. The van der Waals surface area contributed by atoms with Gasteiger partial charge in [0.15, 0.2) is 0 Å². The second-order valence-electron chi connectivity index (χ2n) is 6.08. The molecule has 0 radical (unpaired) electrons. The molecule has 0 saturated carbocycles. The predicted molar refractivity (Wildman–Crippen MR) is 91.5 cm³/mol. The van der Waals surface area contributed by atoms with Crippen molar-refractivity contribution < 1.29 is 4.42 Å². The van der Waals surface area contributed by atoms with Gasteiger partial charge in [-0.2, -0.15) is 0 Å². The molecule has 1 fully saturated rings. The van der Waals surface area contributed by atoms with E-state index in [1.54, 1.807) is 0 Å². The van der Waals surface area contributed by atoms with Crippen LogP contribution in [0.25, 0.3) is 11.0 Å². The van der Waals surface area contributed by atoms with Gasteiger partial charge >= 0.3 is 0 Å². The quantitative estimate of drug-likeness (QED) is 0.674. The Labute approximate surface area is 131 Å². The summed E-state index contributed by atoms with van der Waals surface area (Å²) >= 11 is 0. The third kappa shape index (κ3) is 2.50. The summed E-state index contributed by atoms with van der Waals surface area (Å²) in [6, 6.07) is 19.0. The second kappa shape index (κ2) is 5.88. The average Bonchev–Trinajstić information content (AvgIpc) is 2.94. The summed E-state index contributed by atoms with van der Waals surface area (Å²) in [6.07, 6.45) is 4.77. The first-order chi connectivity index (χ1) is 10.9. The van der Waals surface area contributed by atoms with Crippen molar-refractivity contribution in [2.75, 3.05) is 18.0 Å². The van der Waals surface area contributed by atoms with Crippen LogP contribution in [0.4, 0.5) is 5.69 Å². The maximum atomic E-state index is 6.21. The monoisotopic (exact) mass is 291 g/mol. The Hall–Kier alpha value is -2.22. The molecule has 112 valence electrons. The zero-order valence-corrected chi connectivity index (χ0v) is 12.8. The molecule has 0 aliphatic carbocycles. The highest BCUT2D eigenvalue weighted by Crippen LogP contribution is 2.36. The van der Waals surface area contributed by atoms with Gasteiger partial charge < -0.3 is 9.32 Å². The van der Waals surface area contributed by atoms with Crippen LogP contribution in [0.15, 0.2) is 59.0 Å². The molecule has 1 saturated heterocycles. The van der Waals surface area contributed by atoms with Crippen LogP contribution in [0.3, 0.4) is 0 Å². The van der Waals surface area contributed by atoms with Crippen molar-refractivity contribution >= 4 is 16.7 Å². The summed E-state index contributed by atoms with van der Waals surface area (Å²) in [6.45, 7) is 2.29. The predicted octanol–water partition coefficient (Wildman–Crippen LogP) is 5.01. The number of furan rings is 1. The van der Waals surface area contributed by atoms with Gasteiger partial charge in [0.25, 0.3) is 0 Å². The van der Waals surface area contributed by atoms with Gasteiger partial charge in [0, 0.05) is 24.9 Å². The third-order valence-corrected chi connectivity index (χ3v) is 4.52. The molecule has 2 nitrogen and oxygen atoms in total. The first-order valence-corrected chi connectivity index (χ1v) is 8.21. The number of piperidine rings is 1. The highest BCUT2D eigenvalue weighted by molar-refractivity contribution is 5.93. The number of hydrogen-bond donors (Lipinski definition) is 0. The van der Waals surface area contributed by atoms with E-state index in [4.69, 9.17) is 4.42 Å². The average molecular weight is 291 g/mol. The Morgan fingerprint density at radius 2 is 1.55 bits per heavy atom. The second-order valence-corrected chi connectivity index (χ2v) is 6.08. The Morgan fingerprint density at radius 3 is 2.36 bits per heavy atom. The summed E-state index contributed by atoms with van der Waals surface area (Å²) in [5.74, 6) is 1.11. The topological polar surface area (TPSA) is 16.4 Å². The zero-order chi connectivity index (χ0) is 14.8. The van der Waals surface area contributed by atoms with Crippen LogP contribution in [0.1, 0.15) is 30.6 Å². The van der Waals surface area contributed by atoms with E-state index < -0.39 is 0 Å². The van der Waals surface area contributed by atoms with Crippen LogP contribution in [0.2, 0.25) is 0 Å². The first-order valence-electron chi connectivity index (χ1n) is 8.21. The molecule has 3 aromatic rings. The largest absolute Gasteiger partial charge is 0.458 e. The maximum Gasteiger partial charge on any atom is 0.136 e. The Balaban J connectivity index is 1.79. The standard InChI is InChI=1S/C20H21NO/c1-3-9-16(10-4-1)15-19-20(21-13-7-2-8-14-21)17-11-5-6-12-18(17)22-19/h1,3-6,9-12H,2,7-8,13-15H2. The fourth-order valence-corrected chi connectivity index (χ4v) is 3.45. The summed E-state index contributed by atoms with van der Waals surface area (Å²) in [5, 5.41) is 1.26. The van der Waals surface area contributed by atoms with E-state index in [9.17, 15) is 0 Å². The molecule has 0 spiro atoms. The van der Waals surface area contributed by atoms with Gasteiger partial charge in [-0.05, 0) is 37.0 Å². The number of para-hydroxylation sites is 1. The Kier molecular flexibility index (Phi) is 3.59.